The van der Waals surface area contributed by atoms with Crippen molar-refractivity contribution in [1.29, 1.82) is 0 Å². The van der Waals surface area contributed by atoms with E-state index in [2.05, 4.69) is 13.8 Å². The predicted molar refractivity (Wildman–Crippen MR) is 65.4 cm³/mol. The lowest BCUT2D eigenvalue weighted by atomic mass is 10.2. The number of hydrogen-bond acceptors (Lipinski definition) is 3. The Morgan fingerprint density at radius 1 is 1.25 bits per heavy atom. The molecule has 0 radical (unpaired) electrons. The minimum Gasteiger partial charge on any atom is -0.466 e. The van der Waals surface area contributed by atoms with E-state index in [1.165, 1.54) is 6.26 Å². The van der Waals surface area contributed by atoms with Crippen LogP contribution in [0.2, 0.25) is 0 Å². The van der Waals surface area contributed by atoms with Crippen molar-refractivity contribution in [1.82, 2.24) is 0 Å². The van der Waals surface area contributed by atoms with Gasteiger partial charge in [-0.25, -0.2) is 8.42 Å². The fourth-order valence-electron chi connectivity index (χ4n) is 1.50. The zero-order chi connectivity index (χ0) is 12.2. The standard InChI is InChI=1S/C12H20O3S/c1-10(2)12-8-7-11(15-12)6-4-5-9-16(3,13)14/h7-8,10H,4-6,9H2,1-3H3. The van der Waals surface area contributed by atoms with E-state index in [1.807, 2.05) is 12.1 Å². The minimum absolute atomic E-state index is 0.269. The van der Waals surface area contributed by atoms with Crippen molar-refractivity contribution < 1.29 is 12.8 Å². The van der Waals surface area contributed by atoms with Crippen LogP contribution in [0.3, 0.4) is 0 Å². The molecular formula is C12H20O3S. The molecule has 0 fully saturated rings. The summed E-state index contributed by atoms with van der Waals surface area (Å²) < 4.78 is 27.5. The monoisotopic (exact) mass is 244 g/mol. The van der Waals surface area contributed by atoms with Crippen LogP contribution in [-0.4, -0.2) is 20.4 Å². The van der Waals surface area contributed by atoms with E-state index in [1.54, 1.807) is 0 Å². The summed E-state index contributed by atoms with van der Waals surface area (Å²) in [6.07, 6.45) is 3.66. The van der Waals surface area contributed by atoms with Crippen LogP contribution in [0, 0.1) is 0 Å². The van der Waals surface area contributed by atoms with Crippen LogP contribution < -0.4 is 0 Å². The molecule has 0 aliphatic heterocycles. The highest BCUT2D eigenvalue weighted by Gasteiger charge is 2.06. The van der Waals surface area contributed by atoms with Gasteiger partial charge in [-0.3, -0.25) is 0 Å². The van der Waals surface area contributed by atoms with Gasteiger partial charge in [0.05, 0.1) is 0 Å². The predicted octanol–water partition coefficient (Wildman–Crippen LogP) is 2.77. The van der Waals surface area contributed by atoms with Crippen LogP contribution in [0.25, 0.3) is 0 Å². The largest absolute Gasteiger partial charge is 0.466 e. The minimum atomic E-state index is -2.82. The summed E-state index contributed by atoms with van der Waals surface area (Å²) in [6.45, 7) is 4.18. The molecule has 1 heterocycles. The van der Waals surface area contributed by atoms with Gasteiger partial charge in [0.2, 0.25) is 0 Å². The molecule has 0 unspecified atom stereocenters. The lowest BCUT2D eigenvalue weighted by Gasteiger charge is -2.00. The normalized spacial score (nSPS) is 12.2. The highest BCUT2D eigenvalue weighted by Crippen LogP contribution is 2.18. The van der Waals surface area contributed by atoms with E-state index in [-0.39, 0.29) is 5.75 Å². The molecular weight excluding hydrogens is 224 g/mol. The van der Waals surface area contributed by atoms with Gasteiger partial charge in [-0.15, -0.1) is 0 Å². The van der Waals surface area contributed by atoms with Crippen LogP contribution in [0.1, 0.15) is 44.1 Å². The third-order valence-corrected chi connectivity index (χ3v) is 3.47. The van der Waals surface area contributed by atoms with Gasteiger partial charge < -0.3 is 4.42 Å². The second kappa shape index (κ2) is 5.53. The van der Waals surface area contributed by atoms with Gasteiger partial charge in [0.15, 0.2) is 0 Å². The van der Waals surface area contributed by atoms with Crippen LogP contribution >= 0.6 is 0 Å². The zero-order valence-corrected chi connectivity index (χ0v) is 11.0. The molecule has 0 bridgehead atoms. The Balaban J connectivity index is 2.32. The summed E-state index contributed by atoms with van der Waals surface area (Å²) in [5.41, 5.74) is 0. The maximum Gasteiger partial charge on any atom is 0.147 e. The molecule has 1 aromatic rings. The highest BCUT2D eigenvalue weighted by atomic mass is 32.2. The van der Waals surface area contributed by atoms with E-state index in [9.17, 15) is 8.42 Å². The molecule has 0 saturated heterocycles. The third-order valence-electron chi connectivity index (χ3n) is 2.44. The second-order valence-corrected chi connectivity index (χ2v) is 6.81. The van der Waals surface area contributed by atoms with Gasteiger partial charge in [-0.2, -0.15) is 0 Å². The SMILES string of the molecule is CC(C)c1ccc(CCCCS(C)(=O)=O)o1. The third kappa shape index (κ3) is 4.84. The first-order valence-electron chi connectivity index (χ1n) is 5.65. The Morgan fingerprint density at radius 2 is 1.94 bits per heavy atom. The van der Waals surface area contributed by atoms with E-state index in [4.69, 9.17) is 4.42 Å². The molecule has 16 heavy (non-hydrogen) atoms. The smallest absolute Gasteiger partial charge is 0.147 e. The van der Waals surface area contributed by atoms with Crippen molar-refractivity contribution in [3.63, 3.8) is 0 Å². The van der Waals surface area contributed by atoms with Gasteiger partial charge >= 0.3 is 0 Å². The number of unbranched alkanes of at least 4 members (excludes halogenated alkanes) is 1. The number of furan rings is 1. The topological polar surface area (TPSA) is 47.3 Å². The van der Waals surface area contributed by atoms with Gasteiger partial charge in [0.25, 0.3) is 0 Å². The molecule has 3 nitrogen and oxygen atoms in total. The molecule has 1 aromatic heterocycles. The first kappa shape index (κ1) is 13.3. The number of sulfone groups is 1. The van der Waals surface area contributed by atoms with E-state index >= 15 is 0 Å². The van der Waals surface area contributed by atoms with E-state index in [0.717, 1.165) is 24.4 Å². The number of aryl methyl sites for hydroxylation is 1. The Kier molecular flexibility index (Phi) is 4.59. The molecule has 4 heteroatoms. The number of rotatable bonds is 6. The fourth-order valence-corrected chi connectivity index (χ4v) is 2.23. The van der Waals surface area contributed by atoms with Crippen molar-refractivity contribution in [3.8, 4) is 0 Å². The summed E-state index contributed by atoms with van der Waals surface area (Å²) in [6, 6.07) is 3.98. The van der Waals surface area contributed by atoms with Gasteiger partial charge in [-0.1, -0.05) is 13.8 Å². The average Bonchev–Trinajstić information content (AvgIpc) is 2.59. The van der Waals surface area contributed by atoms with E-state index in [0.29, 0.717) is 12.3 Å². The maximum atomic E-state index is 10.9. The quantitative estimate of drug-likeness (QED) is 0.723. The summed E-state index contributed by atoms with van der Waals surface area (Å²) >= 11 is 0. The molecule has 0 aliphatic rings. The zero-order valence-electron chi connectivity index (χ0n) is 10.2. The molecule has 0 N–H and O–H groups in total. The van der Waals surface area contributed by atoms with Crippen molar-refractivity contribution in [3.05, 3.63) is 23.7 Å². The Morgan fingerprint density at radius 3 is 2.44 bits per heavy atom. The Labute approximate surface area is 97.8 Å². The van der Waals surface area contributed by atoms with Crippen LogP contribution in [-0.2, 0) is 16.3 Å². The van der Waals surface area contributed by atoms with Gasteiger partial charge in [0, 0.05) is 24.3 Å². The lowest BCUT2D eigenvalue weighted by Crippen LogP contribution is -2.02. The first-order valence-corrected chi connectivity index (χ1v) is 7.71. The molecule has 0 amide bonds. The molecule has 0 spiro atoms. The summed E-state index contributed by atoms with van der Waals surface area (Å²) in [4.78, 5) is 0. The van der Waals surface area contributed by atoms with Crippen molar-refractivity contribution in [2.24, 2.45) is 0 Å². The fraction of sp³-hybridized carbons (Fsp3) is 0.667. The van der Waals surface area contributed by atoms with Crippen molar-refractivity contribution in [2.45, 2.75) is 39.0 Å². The average molecular weight is 244 g/mol. The Hall–Kier alpha value is -0.770. The molecule has 92 valence electrons. The molecule has 0 saturated carbocycles. The van der Waals surface area contributed by atoms with Gasteiger partial charge in [-0.05, 0) is 25.0 Å². The molecule has 0 aromatic carbocycles. The summed E-state index contributed by atoms with van der Waals surface area (Å²) in [5.74, 6) is 2.63. The first-order chi connectivity index (χ1) is 7.38. The van der Waals surface area contributed by atoms with Gasteiger partial charge in [0.1, 0.15) is 21.4 Å². The Bertz CT molecular complexity index is 415. The lowest BCUT2D eigenvalue weighted by molar-refractivity contribution is 0.442. The molecule has 0 atom stereocenters. The van der Waals surface area contributed by atoms with Crippen molar-refractivity contribution >= 4 is 9.84 Å². The molecule has 0 aliphatic carbocycles. The number of hydrogen-bond donors (Lipinski definition) is 0. The van der Waals surface area contributed by atoms with Crippen LogP contribution in [0.4, 0.5) is 0 Å². The summed E-state index contributed by atoms with van der Waals surface area (Å²) in [5, 5.41) is 0. The summed E-state index contributed by atoms with van der Waals surface area (Å²) in [7, 11) is -2.82. The van der Waals surface area contributed by atoms with Crippen molar-refractivity contribution in [2.75, 3.05) is 12.0 Å². The van der Waals surface area contributed by atoms with E-state index < -0.39 is 9.84 Å². The second-order valence-electron chi connectivity index (χ2n) is 4.55. The highest BCUT2D eigenvalue weighted by molar-refractivity contribution is 7.90. The molecule has 1 rings (SSSR count). The maximum absolute atomic E-state index is 10.9. The van der Waals surface area contributed by atoms with Crippen LogP contribution in [0.15, 0.2) is 16.5 Å². The van der Waals surface area contributed by atoms with Crippen LogP contribution in [0.5, 0.6) is 0 Å².